The van der Waals surface area contributed by atoms with Crippen LogP contribution in [0.15, 0.2) is 106 Å². The highest BCUT2D eigenvalue weighted by Crippen LogP contribution is 2.85. The van der Waals surface area contributed by atoms with Gasteiger partial charge in [0.25, 0.3) is 17.7 Å². The molecular formula is C31H26N6O3. The fourth-order valence-corrected chi connectivity index (χ4v) is 7.30. The number of hydrogen-bond acceptors (Lipinski definition) is 6. The van der Waals surface area contributed by atoms with Crippen LogP contribution in [0.25, 0.3) is 0 Å². The van der Waals surface area contributed by atoms with Crippen molar-refractivity contribution in [1.29, 1.82) is 0 Å². The number of rotatable bonds is 4. The van der Waals surface area contributed by atoms with Crippen molar-refractivity contribution in [1.82, 2.24) is 0 Å². The summed E-state index contributed by atoms with van der Waals surface area (Å²) in [5, 5.41) is 18.2. The second kappa shape index (κ2) is 8.05. The highest BCUT2D eigenvalue weighted by molar-refractivity contribution is 6.48. The summed E-state index contributed by atoms with van der Waals surface area (Å²) in [6.45, 7) is 5.35. The van der Waals surface area contributed by atoms with Crippen molar-refractivity contribution < 1.29 is 14.4 Å². The van der Waals surface area contributed by atoms with E-state index in [-0.39, 0.29) is 0 Å². The maximum absolute atomic E-state index is 14.8. The first-order valence-electron chi connectivity index (χ1n) is 13.3. The molecule has 3 aliphatic heterocycles. The molecule has 2 atom stereocenters. The molecule has 9 heteroatoms. The molecule has 0 unspecified atom stereocenters. The van der Waals surface area contributed by atoms with Crippen molar-refractivity contribution in [2.24, 2.45) is 31.5 Å². The van der Waals surface area contributed by atoms with E-state index >= 15 is 0 Å². The quantitative estimate of drug-likeness (QED) is 0.492. The molecule has 3 aromatic carbocycles. The van der Waals surface area contributed by atoms with Crippen LogP contribution in [0.2, 0.25) is 0 Å². The molecule has 7 rings (SSSR count). The van der Waals surface area contributed by atoms with Crippen molar-refractivity contribution in [3.05, 3.63) is 91.0 Å². The third-order valence-electron chi connectivity index (χ3n) is 8.74. The van der Waals surface area contributed by atoms with Crippen LogP contribution in [0.4, 0.5) is 17.1 Å². The van der Waals surface area contributed by atoms with E-state index in [9.17, 15) is 14.4 Å². The number of anilines is 3. The Morgan fingerprint density at radius 1 is 0.525 bits per heavy atom. The zero-order chi connectivity index (χ0) is 27.9. The number of hydrogen-bond donors (Lipinski definition) is 0. The lowest BCUT2D eigenvalue weighted by Crippen LogP contribution is -2.40. The van der Waals surface area contributed by atoms with Crippen LogP contribution >= 0.6 is 0 Å². The fourth-order valence-electron chi connectivity index (χ4n) is 7.30. The molecule has 40 heavy (non-hydrogen) atoms. The van der Waals surface area contributed by atoms with Gasteiger partial charge in [-0.15, -0.1) is 0 Å². The van der Waals surface area contributed by atoms with Crippen molar-refractivity contribution in [2.45, 2.75) is 27.2 Å². The summed E-state index contributed by atoms with van der Waals surface area (Å²) in [5.41, 5.74) is -1.90. The second-order valence-electron chi connectivity index (χ2n) is 10.4. The number of hydrazone groups is 3. The number of nitrogens with zero attached hydrogens (tertiary/aromatic N) is 6. The van der Waals surface area contributed by atoms with Crippen molar-refractivity contribution in [3.63, 3.8) is 0 Å². The summed E-state index contributed by atoms with van der Waals surface area (Å²) in [4.78, 5) is 44.3. The predicted molar refractivity (Wildman–Crippen MR) is 153 cm³/mol. The van der Waals surface area contributed by atoms with E-state index in [1.54, 1.807) is 50.2 Å². The molecule has 0 aromatic heterocycles. The normalized spacial score (nSPS) is 28.7. The van der Waals surface area contributed by atoms with Crippen molar-refractivity contribution in [3.8, 4) is 0 Å². The molecule has 1 saturated carbocycles. The van der Waals surface area contributed by atoms with Crippen LogP contribution in [-0.2, 0) is 14.4 Å². The third kappa shape index (κ3) is 2.44. The van der Waals surface area contributed by atoms with Gasteiger partial charge in [-0.05, 0) is 56.7 Å². The molecule has 0 N–H and O–H groups in total. The van der Waals surface area contributed by atoms with E-state index in [2.05, 4.69) is 0 Å². The molecular weight excluding hydrogens is 504 g/mol. The lowest BCUT2D eigenvalue weighted by atomic mass is 9.83. The molecule has 4 aliphatic rings. The van der Waals surface area contributed by atoms with Gasteiger partial charge in [0.05, 0.1) is 34.2 Å². The highest BCUT2D eigenvalue weighted by atomic mass is 16.2. The minimum absolute atomic E-state index is 0.358. The average Bonchev–Trinajstić information content (AvgIpc) is 3.12. The molecule has 0 bridgehead atoms. The van der Waals surface area contributed by atoms with Crippen LogP contribution in [0.5, 0.6) is 0 Å². The molecule has 0 radical (unpaired) electrons. The number of amides is 3. The standard InChI is InChI=1S/C31H26N6O3/c1-4-25-31(28(40)37(34-25)24-18-12-7-13-19-24)29(20(2)32-35(26(29)38)22-14-8-5-9-15-22)30(31)21(3)33-36(27(30)39)23-16-10-6-11-17-23/h5-19H,4H2,1-3H3/t29-,30-/m1/s1. The lowest BCUT2D eigenvalue weighted by molar-refractivity contribution is -0.126. The SMILES string of the molecule is CCC1=NN(c2ccccc2)C(=O)C12[C@]1(C(=O)N(c3ccccc3)N=C1C)[C@@]21C(=O)N(c2ccccc2)N=C1C. The van der Waals surface area contributed by atoms with Crippen LogP contribution in [-0.4, -0.2) is 34.9 Å². The van der Waals surface area contributed by atoms with Gasteiger partial charge in [-0.1, -0.05) is 61.5 Å². The Hall–Kier alpha value is -4.92. The number of fused-ring (bicyclic) bond motifs is 3. The zero-order valence-corrected chi connectivity index (χ0v) is 22.3. The minimum atomic E-state index is -1.61. The van der Waals surface area contributed by atoms with Gasteiger partial charge in [0.1, 0.15) is 16.2 Å². The molecule has 3 amide bonds. The number of carbonyl (C=O) groups is 3. The van der Waals surface area contributed by atoms with Gasteiger partial charge in [-0.25, -0.2) is 0 Å². The van der Waals surface area contributed by atoms with Crippen LogP contribution in [0.3, 0.4) is 0 Å². The Labute approximate surface area is 231 Å². The molecule has 3 heterocycles. The summed E-state index contributed by atoms with van der Waals surface area (Å²) < 4.78 is 0. The molecule has 1 fully saturated rings. The van der Waals surface area contributed by atoms with Gasteiger partial charge in [0, 0.05) is 0 Å². The number of benzene rings is 3. The lowest BCUT2D eigenvalue weighted by Gasteiger charge is -2.19. The molecule has 3 aromatic rings. The molecule has 198 valence electrons. The van der Waals surface area contributed by atoms with E-state index < -0.39 is 34.0 Å². The van der Waals surface area contributed by atoms with Crippen LogP contribution in [0, 0.1) is 16.2 Å². The van der Waals surface area contributed by atoms with Crippen molar-refractivity contribution in [2.75, 3.05) is 15.0 Å². The minimum Gasteiger partial charge on any atom is -0.271 e. The topological polar surface area (TPSA) is 98.0 Å². The van der Waals surface area contributed by atoms with Gasteiger partial charge in [-0.2, -0.15) is 30.3 Å². The van der Waals surface area contributed by atoms with Gasteiger partial charge in [0.15, 0.2) is 0 Å². The van der Waals surface area contributed by atoms with Gasteiger partial charge in [0.2, 0.25) is 0 Å². The maximum Gasteiger partial charge on any atom is 0.262 e. The van der Waals surface area contributed by atoms with E-state index in [4.69, 9.17) is 15.3 Å². The third-order valence-corrected chi connectivity index (χ3v) is 8.74. The number of carbonyl (C=O) groups excluding carboxylic acids is 3. The zero-order valence-electron chi connectivity index (χ0n) is 22.3. The van der Waals surface area contributed by atoms with Crippen LogP contribution in [0.1, 0.15) is 27.2 Å². The monoisotopic (exact) mass is 530 g/mol. The van der Waals surface area contributed by atoms with Gasteiger partial charge < -0.3 is 0 Å². The second-order valence-corrected chi connectivity index (χ2v) is 10.4. The summed E-state index contributed by atoms with van der Waals surface area (Å²) in [7, 11) is 0. The van der Waals surface area contributed by atoms with E-state index in [1.807, 2.05) is 61.5 Å². The first-order valence-corrected chi connectivity index (χ1v) is 13.3. The Morgan fingerprint density at radius 3 is 1.20 bits per heavy atom. The summed E-state index contributed by atoms with van der Waals surface area (Å²) in [6, 6.07) is 27.2. The van der Waals surface area contributed by atoms with Crippen LogP contribution < -0.4 is 15.0 Å². The first kappa shape index (κ1) is 24.1. The highest BCUT2D eigenvalue weighted by Gasteiger charge is 3.04. The molecule has 1 aliphatic carbocycles. The predicted octanol–water partition coefficient (Wildman–Crippen LogP) is 4.62. The Kier molecular flexibility index (Phi) is 4.86. The fraction of sp³-hybridized carbons (Fsp3) is 0.226. The van der Waals surface area contributed by atoms with E-state index in [0.29, 0.717) is 40.6 Å². The van der Waals surface area contributed by atoms with E-state index in [0.717, 1.165) is 0 Å². The molecule has 0 saturated heterocycles. The van der Waals surface area contributed by atoms with Crippen molar-refractivity contribution >= 4 is 51.9 Å². The summed E-state index contributed by atoms with van der Waals surface area (Å²) >= 11 is 0. The summed E-state index contributed by atoms with van der Waals surface area (Å²) in [5.74, 6) is -1.29. The van der Waals surface area contributed by atoms with E-state index in [1.165, 1.54) is 15.0 Å². The molecule has 9 nitrogen and oxygen atoms in total. The maximum atomic E-state index is 14.8. The smallest absolute Gasteiger partial charge is 0.262 e. The largest absolute Gasteiger partial charge is 0.271 e. The number of para-hydroxylation sites is 3. The van der Waals surface area contributed by atoms with Gasteiger partial charge >= 0.3 is 0 Å². The molecule has 3 spiro atoms. The summed E-state index contributed by atoms with van der Waals surface area (Å²) in [6.07, 6.45) is 0.358. The van der Waals surface area contributed by atoms with Gasteiger partial charge in [-0.3, -0.25) is 14.4 Å². The first-order chi connectivity index (χ1) is 19.4. The average molecular weight is 531 g/mol. The Bertz CT molecular complexity index is 1600. The Morgan fingerprint density at radius 2 is 0.850 bits per heavy atom. The Balaban J connectivity index is 1.48.